The van der Waals surface area contributed by atoms with E-state index in [-0.39, 0.29) is 6.04 Å². The SMILES string of the molecule is Cc1ccc(O)c(C(C)NCC(C)CN2CCCC2)c1. The Balaban J connectivity index is 1.81. The molecular formula is C17H28N2O. The molecule has 2 atom stereocenters. The molecule has 20 heavy (non-hydrogen) atoms. The summed E-state index contributed by atoms with van der Waals surface area (Å²) in [6, 6.07) is 5.99. The maximum atomic E-state index is 9.95. The monoisotopic (exact) mass is 276 g/mol. The Morgan fingerprint density at radius 3 is 2.65 bits per heavy atom. The first-order valence-corrected chi connectivity index (χ1v) is 7.81. The van der Waals surface area contributed by atoms with Gasteiger partial charge in [0, 0.05) is 18.2 Å². The molecule has 0 aliphatic carbocycles. The summed E-state index contributed by atoms with van der Waals surface area (Å²) in [5, 5.41) is 13.5. The van der Waals surface area contributed by atoms with Gasteiger partial charge in [0.1, 0.15) is 5.75 Å². The second-order valence-corrected chi connectivity index (χ2v) is 6.31. The van der Waals surface area contributed by atoms with Gasteiger partial charge in [0.05, 0.1) is 0 Å². The Morgan fingerprint density at radius 1 is 1.25 bits per heavy atom. The minimum absolute atomic E-state index is 0.191. The van der Waals surface area contributed by atoms with Crippen LogP contribution in [0.4, 0.5) is 0 Å². The highest BCUT2D eigenvalue weighted by Gasteiger charge is 2.16. The van der Waals surface area contributed by atoms with E-state index in [0.29, 0.717) is 11.7 Å². The Morgan fingerprint density at radius 2 is 1.95 bits per heavy atom. The third-order valence-corrected chi connectivity index (χ3v) is 4.19. The molecule has 1 fully saturated rings. The van der Waals surface area contributed by atoms with Crippen LogP contribution < -0.4 is 5.32 Å². The second-order valence-electron chi connectivity index (χ2n) is 6.31. The number of rotatable bonds is 6. The molecule has 2 N–H and O–H groups in total. The average molecular weight is 276 g/mol. The fourth-order valence-corrected chi connectivity index (χ4v) is 2.98. The summed E-state index contributed by atoms with van der Waals surface area (Å²) in [5.74, 6) is 1.03. The maximum Gasteiger partial charge on any atom is 0.120 e. The van der Waals surface area contributed by atoms with Gasteiger partial charge >= 0.3 is 0 Å². The van der Waals surface area contributed by atoms with Crippen molar-refractivity contribution in [3.05, 3.63) is 29.3 Å². The van der Waals surface area contributed by atoms with Crippen LogP contribution in [0.5, 0.6) is 5.75 Å². The molecule has 0 radical (unpaired) electrons. The lowest BCUT2D eigenvalue weighted by molar-refractivity contribution is 0.278. The molecule has 1 aliphatic heterocycles. The molecule has 0 aromatic heterocycles. The quantitative estimate of drug-likeness (QED) is 0.838. The summed E-state index contributed by atoms with van der Waals surface area (Å²) >= 11 is 0. The van der Waals surface area contributed by atoms with Crippen LogP contribution in [0.2, 0.25) is 0 Å². The number of nitrogens with one attached hydrogen (secondary N) is 1. The van der Waals surface area contributed by atoms with Crippen molar-refractivity contribution >= 4 is 0 Å². The molecule has 1 saturated heterocycles. The summed E-state index contributed by atoms with van der Waals surface area (Å²) in [5.41, 5.74) is 2.19. The van der Waals surface area contributed by atoms with Gasteiger partial charge < -0.3 is 15.3 Å². The van der Waals surface area contributed by atoms with Crippen molar-refractivity contribution < 1.29 is 5.11 Å². The molecule has 2 unspecified atom stereocenters. The van der Waals surface area contributed by atoms with Crippen molar-refractivity contribution in [1.82, 2.24) is 10.2 Å². The van der Waals surface area contributed by atoms with Crippen LogP contribution in [-0.4, -0.2) is 36.2 Å². The van der Waals surface area contributed by atoms with Crippen LogP contribution in [0.1, 0.15) is 43.9 Å². The van der Waals surface area contributed by atoms with E-state index in [1.807, 2.05) is 6.07 Å². The minimum atomic E-state index is 0.191. The molecule has 0 amide bonds. The predicted octanol–water partition coefficient (Wildman–Crippen LogP) is 3.08. The lowest BCUT2D eigenvalue weighted by Crippen LogP contribution is -2.32. The van der Waals surface area contributed by atoms with Gasteiger partial charge in [0.15, 0.2) is 0 Å². The lowest BCUT2D eigenvalue weighted by atomic mass is 10.0. The summed E-state index contributed by atoms with van der Waals surface area (Å²) < 4.78 is 0. The molecule has 1 aromatic rings. The van der Waals surface area contributed by atoms with Crippen LogP contribution in [-0.2, 0) is 0 Å². The Labute approximate surface area is 123 Å². The van der Waals surface area contributed by atoms with Gasteiger partial charge in [-0.2, -0.15) is 0 Å². The third-order valence-electron chi connectivity index (χ3n) is 4.19. The second kappa shape index (κ2) is 7.09. The molecule has 1 heterocycles. The van der Waals surface area contributed by atoms with Gasteiger partial charge in [-0.05, 0) is 58.3 Å². The van der Waals surface area contributed by atoms with E-state index in [4.69, 9.17) is 0 Å². The van der Waals surface area contributed by atoms with Crippen molar-refractivity contribution in [2.24, 2.45) is 5.92 Å². The van der Waals surface area contributed by atoms with E-state index in [1.54, 1.807) is 6.07 Å². The van der Waals surface area contributed by atoms with E-state index in [1.165, 1.54) is 38.0 Å². The number of benzene rings is 1. The van der Waals surface area contributed by atoms with Crippen LogP contribution in [0, 0.1) is 12.8 Å². The van der Waals surface area contributed by atoms with Gasteiger partial charge in [-0.1, -0.05) is 24.6 Å². The molecule has 3 heteroatoms. The Hall–Kier alpha value is -1.06. The molecule has 0 bridgehead atoms. The number of aryl methyl sites for hydroxylation is 1. The highest BCUT2D eigenvalue weighted by Crippen LogP contribution is 2.25. The van der Waals surface area contributed by atoms with E-state index in [0.717, 1.165) is 12.1 Å². The Kier molecular flexibility index (Phi) is 5.44. The largest absolute Gasteiger partial charge is 0.508 e. The molecule has 1 aliphatic rings. The molecule has 1 aromatic carbocycles. The van der Waals surface area contributed by atoms with Gasteiger partial charge in [-0.15, -0.1) is 0 Å². The molecule has 2 rings (SSSR count). The zero-order valence-electron chi connectivity index (χ0n) is 13.0. The average Bonchev–Trinajstić information content (AvgIpc) is 2.91. The highest BCUT2D eigenvalue weighted by molar-refractivity contribution is 5.37. The number of likely N-dealkylation sites (tertiary alicyclic amines) is 1. The molecule has 112 valence electrons. The van der Waals surface area contributed by atoms with Crippen LogP contribution in [0.3, 0.4) is 0 Å². The van der Waals surface area contributed by atoms with Gasteiger partial charge in [-0.3, -0.25) is 0 Å². The van der Waals surface area contributed by atoms with Crippen molar-refractivity contribution in [2.75, 3.05) is 26.2 Å². The minimum Gasteiger partial charge on any atom is -0.508 e. The van der Waals surface area contributed by atoms with Crippen molar-refractivity contribution in [3.8, 4) is 5.75 Å². The molecule has 0 saturated carbocycles. The van der Waals surface area contributed by atoms with Crippen molar-refractivity contribution in [1.29, 1.82) is 0 Å². The maximum absolute atomic E-state index is 9.95. The molecular weight excluding hydrogens is 248 g/mol. The van der Waals surface area contributed by atoms with Gasteiger partial charge in [0.2, 0.25) is 0 Å². The van der Waals surface area contributed by atoms with E-state index in [2.05, 4.69) is 37.1 Å². The van der Waals surface area contributed by atoms with Crippen LogP contribution in [0.15, 0.2) is 18.2 Å². The Bertz CT molecular complexity index is 427. The van der Waals surface area contributed by atoms with Gasteiger partial charge in [-0.25, -0.2) is 0 Å². The lowest BCUT2D eigenvalue weighted by Gasteiger charge is -2.23. The van der Waals surface area contributed by atoms with Crippen molar-refractivity contribution in [3.63, 3.8) is 0 Å². The summed E-state index contributed by atoms with van der Waals surface area (Å²) in [6.45, 7) is 11.2. The number of hydrogen-bond acceptors (Lipinski definition) is 3. The standard InChI is InChI=1S/C17H28N2O/c1-13-6-7-17(20)16(10-13)15(3)18-11-14(2)12-19-8-4-5-9-19/h6-7,10,14-15,18,20H,4-5,8-9,11-12H2,1-3H3. The van der Waals surface area contributed by atoms with Gasteiger partial charge in [0.25, 0.3) is 0 Å². The van der Waals surface area contributed by atoms with E-state index >= 15 is 0 Å². The number of aromatic hydroxyl groups is 1. The molecule has 3 nitrogen and oxygen atoms in total. The van der Waals surface area contributed by atoms with Crippen molar-refractivity contribution in [2.45, 2.75) is 39.7 Å². The summed E-state index contributed by atoms with van der Waals surface area (Å²) in [7, 11) is 0. The number of phenols is 1. The van der Waals surface area contributed by atoms with E-state index in [9.17, 15) is 5.11 Å². The topological polar surface area (TPSA) is 35.5 Å². The highest BCUT2D eigenvalue weighted by atomic mass is 16.3. The number of hydrogen-bond donors (Lipinski definition) is 2. The first-order chi connectivity index (χ1) is 9.56. The zero-order valence-corrected chi connectivity index (χ0v) is 13.0. The van der Waals surface area contributed by atoms with E-state index < -0.39 is 0 Å². The predicted molar refractivity (Wildman–Crippen MR) is 84.1 cm³/mol. The molecule has 0 spiro atoms. The fraction of sp³-hybridized carbons (Fsp3) is 0.647. The fourth-order valence-electron chi connectivity index (χ4n) is 2.98. The van der Waals surface area contributed by atoms with Crippen LogP contribution >= 0.6 is 0 Å². The summed E-state index contributed by atoms with van der Waals surface area (Å²) in [6.07, 6.45) is 2.71. The first-order valence-electron chi connectivity index (χ1n) is 7.81. The number of nitrogens with zero attached hydrogens (tertiary/aromatic N) is 1. The smallest absolute Gasteiger partial charge is 0.120 e. The number of phenolic OH excluding ortho intramolecular Hbond substituents is 1. The third kappa shape index (κ3) is 4.22. The normalized spacial score (nSPS) is 19.1. The zero-order chi connectivity index (χ0) is 14.5. The summed E-state index contributed by atoms with van der Waals surface area (Å²) in [4.78, 5) is 2.56. The van der Waals surface area contributed by atoms with Crippen LogP contribution in [0.25, 0.3) is 0 Å². The first kappa shape index (κ1) is 15.3.